The summed E-state index contributed by atoms with van der Waals surface area (Å²) in [4.78, 5) is 0. The van der Waals surface area contributed by atoms with E-state index in [0.29, 0.717) is 12.5 Å². The standard InChI is InChI=1S/C14H24N2O/c1-4-11(3)10-14(16-15)12-6-8-13(9-7-12)17-5-2/h6-9,11,14,16H,4-5,10,15H2,1-3H3. The second kappa shape index (κ2) is 7.30. The minimum absolute atomic E-state index is 0.223. The van der Waals surface area contributed by atoms with E-state index >= 15 is 0 Å². The molecule has 0 aliphatic rings. The Kier molecular flexibility index (Phi) is 6.01. The Hall–Kier alpha value is -1.06. The van der Waals surface area contributed by atoms with Gasteiger partial charge in [0, 0.05) is 6.04 Å². The van der Waals surface area contributed by atoms with Crippen LogP contribution in [0.5, 0.6) is 5.75 Å². The maximum Gasteiger partial charge on any atom is 0.119 e. The van der Waals surface area contributed by atoms with Crippen molar-refractivity contribution in [3.05, 3.63) is 29.8 Å². The van der Waals surface area contributed by atoms with Gasteiger partial charge in [-0.2, -0.15) is 0 Å². The number of nitrogens with two attached hydrogens (primary N) is 1. The van der Waals surface area contributed by atoms with E-state index in [2.05, 4.69) is 31.4 Å². The molecule has 0 saturated heterocycles. The number of nitrogens with one attached hydrogen (secondary N) is 1. The van der Waals surface area contributed by atoms with Gasteiger partial charge in [0.2, 0.25) is 0 Å². The van der Waals surface area contributed by atoms with Crippen LogP contribution in [0.4, 0.5) is 0 Å². The second-order valence-corrected chi connectivity index (χ2v) is 4.47. The number of rotatable bonds is 7. The summed E-state index contributed by atoms with van der Waals surface area (Å²) in [7, 11) is 0. The second-order valence-electron chi connectivity index (χ2n) is 4.47. The lowest BCUT2D eigenvalue weighted by molar-refractivity contribution is 0.339. The number of hydrazine groups is 1. The molecule has 0 radical (unpaired) electrons. The van der Waals surface area contributed by atoms with Crippen molar-refractivity contribution in [3.8, 4) is 5.75 Å². The Labute approximate surface area is 104 Å². The maximum absolute atomic E-state index is 5.62. The summed E-state index contributed by atoms with van der Waals surface area (Å²) in [6.07, 6.45) is 2.23. The van der Waals surface area contributed by atoms with Crippen molar-refractivity contribution in [1.82, 2.24) is 5.43 Å². The molecule has 0 saturated carbocycles. The van der Waals surface area contributed by atoms with E-state index in [1.807, 2.05) is 19.1 Å². The molecule has 0 spiro atoms. The van der Waals surface area contributed by atoms with E-state index in [4.69, 9.17) is 10.6 Å². The fourth-order valence-corrected chi connectivity index (χ4v) is 1.83. The van der Waals surface area contributed by atoms with Crippen molar-refractivity contribution < 1.29 is 4.74 Å². The van der Waals surface area contributed by atoms with Crippen LogP contribution in [0.1, 0.15) is 45.2 Å². The molecule has 0 heterocycles. The molecule has 1 rings (SSSR count). The van der Waals surface area contributed by atoms with Gasteiger partial charge in [0.1, 0.15) is 5.75 Å². The van der Waals surface area contributed by atoms with E-state index in [1.165, 1.54) is 12.0 Å². The molecular formula is C14H24N2O. The van der Waals surface area contributed by atoms with Crippen molar-refractivity contribution in [2.75, 3.05) is 6.61 Å². The van der Waals surface area contributed by atoms with Crippen molar-refractivity contribution in [2.24, 2.45) is 11.8 Å². The lowest BCUT2D eigenvalue weighted by Crippen LogP contribution is -2.29. The fraction of sp³-hybridized carbons (Fsp3) is 0.571. The van der Waals surface area contributed by atoms with Gasteiger partial charge in [0.25, 0.3) is 0 Å². The minimum Gasteiger partial charge on any atom is -0.494 e. The third kappa shape index (κ3) is 4.36. The third-order valence-corrected chi connectivity index (χ3v) is 3.13. The third-order valence-electron chi connectivity index (χ3n) is 3.13. The van der Waals surface area contributed by atoms with Gasteiger partial charge in [-0.1, -0.05) is 32.4 Å². The number of hydrogen-bond acceptors (Lipinski definition) is 3. The Morgan fingerprint density at radius 2 is 1.88 bits per heavy atom. The highest BCUT2D eigenvalue weighted by Crippen LogP contribution is 2.24. The fourth-order valence-electron chi connectivity index (χ4n) is 1.83. The summed E-state index contributed by atoms with van der Waals surface area (Å²) in [5.41, 5.74) is 4.11. The topological polar surface area (TPSA) is 47.3 Å². The van der Waals surface area contributed by atoms with Crippen LogP contribution in [-0.4, -0.2) is 6.61 Å². The SMILES string of the molecule is CCOc1ccc(C(CC(C)CC)NN)cc1. The lowest BCUT2D eigenvalue weighted by atomic mass is 9.95. The van der Waals surface area contributed by atoms with E-state index in [1.54, 1.807) is 0 Å². The van der Waals surface area contributed by atoms with Gasteiger partial charge in [0.15, 0.2) is 0 Å². The van der Waals surface area contributed by atoms with Crippen LogP contribution in [0.15, 0.2) is 24.3 Å². The zero-order valence-electron chi connectivity index (χ0n) is 11.1. The molecule has 2 atom stereocenters. The molecule has 1 aromatic carbocycles. The van der Waals surface area contributed by atoms with Crippen LogP contribution in [0.3, 0.4) is 0 Å². The zero-order chi connectivity index (χ0) is 12.7. The van der Waals surface area contributed by atoms with E-state index in [-0.39, 0.29) is 6.04 Å². The van der Waals surface area contributed by atoms with Gasteiger partial charge in [-0.3, -0.25) is 11.3 Å². The number of hydrogen-bond donors (Lipinski definition) is 2. The van der Waals surface area contributed by atoms with Gasteiger partial charge in [-0.25, -0.2) is 0 Å². The molecule has 0 aliphatic carbocycles. The average Bonchev–Trinajstić information content (AvgIpc) is 2.37. The molecule has 0 aliphatic heterocycles. The van der Waals surface area contributed by atoms with Crippen LogP contribution >= 0.6 is 0 Å². The zero-order valence-corrected chi connectivity index (χ0v) is 11.1. The predicted octanol–water partition coefficient (Wildman–Crippen LogP) is 3.03. The van der Waals surface area contributed by atoms with Gasteiger partial charge < -0.3 is 4.74 Å². The maximum atomic E-state index is 5.62. The molecule has 2 unspecified atom stereocenters. The quantitative estimate of drug-likeness (QED) is 0.565. The van der Waals surface area contributed by atoms with Crippen molar-refractivity contribution in [3.63, 3.8) is 0 Å². The first kappa shape index (κ1) is 14.0. The molecule has 0 amide bonds. The highest BCUT2D eigenvalue weighted by molar-refractivity contribution is 5.29. The molecular weight excluding hydrogens is 212 g/mol. The highest BCUT2D eigenvalue weighted by Gasteiger charge is 2.12. The van der Waals surface area contributed by atoms with Crippen LogP contribution in [0, 0.1) is 5.92 Å². The molecule has 3 heteroatoms. The Morgan fingerprint density at radius 3 is 2.35 bits per heavy atom. The van der Waals surface area contributed by atoms with Crippen molar-refractivity contribution in [1.29, 1.82) is 0 Å². The normalized spacial score (nSPS) is 14.4. The largest absolute Gasteiger partial charge is 0.494 e. The first-order chi connectivity index (χ1) is 8.21. The molecule has 3 nitrogen and oxygen atoms in total. The van der Waals surface area contributed by atoms with E-state index in [9.17, 15) is 0 Å². The minimum atomic E-state index is 0.223. The molecule has 0 bridgehead atoms. The van der Waals surface area contributed by atoms with E-state index in [0.717, 1.165) is 12.2 Å². The summed E-state index contributed by atoms with van der Waals surface area (Å²) in [6, 6.07) is 8.38. The number of benzene rings is 1. The lowest BCUT2D eigenvalue weighted by Gasteiger charge is -2.20. The van der Waals surface area contributed by atoms with Gasteiger partial charge in [-0.15, -0.1) is 0 Å². The molecule has 0 fully saturated rings. The van der Waals surface area contributed by atoms with Gasteiger partial charge in [0.05, 0.1) is 6.61 Å². The first-order valence-electron chi connectivity index (χ1n) is 6.40. The first-order valence-corrected chi connectivity index (χ1v) is 6.40. The predicted molar refractivity (Wildman–Crippen MR) is 71.7 cm³/mol. The van der Waals surface area contributed by atoms with E-state index < -0.39 is 0 Å². The summed E-state index contributed by atoms with van der Waals surface area (Å²) in [5.74, 6) is 7.20. The molecule has 1 aromatic rings. The van der Waals surface area contributed by atoms with Crippen molar-refractivity contribution in [2.45, 2.75) is 39.7 Å². The monoisotopic (exact) mass is 236 g/mol. The van der Waals surface area contributed by atoms with Crippen molar-refractivity contribution >= 4 is 0 Å². The molecule has 3 N–H and O–H groups in total. The van der Waals surface area contributed by atoms with Crippen LogP contribution in [-0.2, 0) is 0 Å². The van der Waals surface area contributed by atoms with Crippen LogP contribution < -0.4 is 16.0 Å². The van der Waals surface area contributed by atoms with Crippen LogP contribution in [0.25, 0.3) is 0 Å². The van der Waals surface area contributed by atoms with Gasteiger partial charge >= 0.3 is 0 Å². The molecule has 0 aromatic heterocycles. The Morgan fingerprint density at radius 1 is 1.24 bits per heavy atom. The summed E-state index contributed by atoms with van der Waals surface area (Å²) < 4.78 is 5.42. The van der Waals surface area contributed by atoms with Crippen LogP contribution in [0.2, 0.25) is 0 Å². The smallest absolute Gasteiger partial charge is 0.119 e. The molecule has 17 heavy (non-hydrogen) atoms. The summed E-state index contributed by atoms with van der Waals surface area (Å²) >= 11 is 0. The Balaban J connectivity index is 2.68. The number of ether oxygens (including phenoxy) is 1. The Bertz CT molecular complexity index is 311. The molecule has 96 valence electrons. The summed E-state index contributed by atoms with van der Waals surface area (Å²) in [6.45, 7) is 7.14. The average molecular weight is 236 g/mol. The van der Waals surface area contributed by atoms with Gasteiger partial charge in [-0.05, 0) is 37.0 Å². The highest BCUT2D eigenvalue weighted by atomic mass is 16.5. The summed E-state index contributed by atoms with van der Waals surface area (Å²) in [5, 5.41) is 0.